The molecule has 2 aliphatic rings. The molecule has 1 fully saturated rings. The zero-order valence-corrected chi connectivity index (χ0v) is 10.3. The van der Waals surface area contributed by atoms with Crippen LogP contribution in [-0.4, -0.2) is 19.0 Å². The summed E-state index contributed by atoms with van der Waals surface area (Å²) >= 11 is 0. The number of rotatable bonds is 1. The number of carbonyl (C=O) groups is 1. The van der Waals surface area contributed by atoms with Crippen molar-refractivity contribution in [3.63, 3.8) is 0 Å². The van der Waals surface area contributed by atoms with Gasteiger partial charge in [-0.15, -0.1) is 0 Å². The fraction of sp³-hybridized carbons (Fsp3) is 0.500. The van der Waals surface area contributed by atoms with Crippen molar-refractivity contribution in [2.45, 2.75) is 32.7 Å². The zero-order valence-electron chi connectivity index (χ0n) is 10.3. The van der Waals surface area contributed by atoms with Crippen LogP contribution < -0.4 is 10.2 Å². The molecule has 1 aromatic rings. The molecule has 1 saturated heterocycles. The summed E-state index contributed by atoms with van der Waals surface area (Å²) in [5, 5.41) is 3.39. The summed E-state index contributed by atoms with van der Waals surface area (Å²) < 4.78 is 0. The van der Waals surface area contributed by atoms with Crippen molar-refractivity contribution in [3.05, 3.63) is 28.8 Å². The lowest BCUT2D eigenvalue weighted by Gasteiger charge is -2.24. The van der Waals surface area contributed by atoms with Gasteiger partial charge in [-0.05, 0) is 49.1 Å². The normalized spacial score (nSPS) is 19.6. The standard InChI is InChI=1S/C14H18N2O/c1-10-7-12-9-15-5-4-11(12)8-13(10)16-6-2-3-14(16)17/h7-8,15H,2-6,9H2,1H3. The van der Waals surface area contributed by atoms with Crippen LogP contribution in [0, 0.1) is 6.92 Å². The molecule has 0 unspecified atom stereocenters. The number of aryl methyl sites for hydroxylation is 1. The summed E-state index contributed by atoms with van der Waals surface area (Å²) in [4.78, 5) is 13.8. The van der Waals surface area contributed by atoms with Crippen LogP contribution in [-0.2, 0) is 17.8 Å². The number of carbonyl (C=O) groups excluding carboxylic acids is 1. The second kappa shape index (κ2) is 4.15. The lowest BCUT2D eigenvalue weighted by atomic mass is 9.97. The maximum atomic E-state index is 11.8. The number of hydrogen-bond donors (Lipinski definition) is 1. The molecule has 3 nitrogen and oxygen atoms in total. The molecule has 0 radical (unpaired) electrons. The topological polar surface area (TPSA) is 32.3 Å². The molecular weight excluding hydrogens is 212 g/mol. The zero-order chi connectivity index (χ0) is 11.8. The van der Waals surface area contributed by atoms with E-state index < -0.39 is 0 Å². The van der Waals surface area contributed by atoms with Crippen molar-refractivity contribution in [2.24, 2.45) is 0 Å². The summed E-state index contributed by atoms with van der Waals surface area (Å²) in [5.74, 6) is 0.280. The van der Waals surface area contributed by atoms with E-state index in [1.54, 1.807) is 0 Å². The van der Waals surface area contributed by atoms with Crippen LogP contribution >= 0.6 is 0 Å². The highest BCUT2D eigenvalue weighted by atomic mass is 16.2. The van der Waals surface area contributed by atoms with Gasteiger partial charge in [-0.1, -0.05) is 6.07 Å². The van der Waals surface area contributed by atoms with E-state index in [1.807, 2.05) is 4.90 Å². The molecule has 0 saturated carbocycles. The molecule has 3 heteroatoms. The molecule has 0 atom stereocenters. The van der Waals surface area contributed by atoms with Crippen molar-refractivity contribution < 1.29 is 4.79 Å². The number of hydrogen-bond acceptors (Lipinski definition) is 2. The summed E-state index contributed by atoms with van der Waals surface area (Å²) in [7, 11) is 0. The van der Waals surface area contributed by atoms with E-state index in [0.29, 0.717) is 6.42 Å². The largest absolute Gasteiger partial charge is 0.312 e. The second-order valence-corrected chi connectivity index (χ2v) is 4.98. The van der Waals surface area contributed by atoms with Crippen LogP contribution in [0.1, 0.15) is 29.5 Å². The number of fused-ring (bicyclic) bond motifs is 1. The first-order valence-corrected chi connectivity index (χ1v) is 6.39. The number of amides is 1. The Morgan fingerprint density at radius 1 is 1.24 bits per heavy atom. The van der Waals surface area contributed by atoms with Crippen molar-refractivity contribution in [3.8, 4) is 0 Å². The van der Waals surface area contributed by atoms with E-state index in [0.717, 1.165) is 38.2 Å². The van der Waals surface area contributed by atoms with Crippen LogP contribution in [0.25, 0.3) is 0 Å². The fourth-order valence-corrected chi connectivity index (χ4v) is 2.84. The lowest BCUT2D eigenvalue weighted by Crippen LogP contribution is -2.27. The Hall–Kier alpha value is -1.35. The van der Waals surface area contributed by atoms with Crippen LogP contribution in [0.2, 0.25) is 0 Å². The second-order valence-electron chi connectivity index (χ2n) is 4.98. The van der Waals surface area contributed by atoms with Gasteiger partial charge in [0.1, 0.15) is 0 Å². The van der Waals surface area contributed by atoms with Gasteiger partial charge in [0.2, 0.25) is 5.91 Å². The molecule has 0 spiro atoms. The van der Waals surface area contributed by atoms with Gasteiger partial charge in [0.05, 0.1) is 0 Å². The fourth-order valence-electron chi connectivity index (χ4n) is 2.84. The van der Waals surface area contributed by atoms with Gasteiger partial charge >= 0.3 is 0 Å². The van der Waals surface area contributed by atoms with E-state index in [-0.39, 0.29) is 5.91 Å². The van der Waals surface area contributed by atoms with E-state index >= 15 is 0 Å². The molecule has 1 N–H and O–H groups in total. The number of nitrogens with one attached hydrogen (secondary N) is 1. The molecular formula is C14H18N2O. The van der Waals surface area contributed by atoms with E-state index in [4.69, 9.17) is 0 Å². The third-order valence-electron chi connectivity index (χ3n) is 3.77. The maximum absolute atomic E-state index is 11.8. The first-order valence-electron chi connectivity index (χ1n) is 6.39. The third-order valence-corrected chi connectivity index (χ3v) is 3.77. The Labute approximate surface area is 102 Å². The van der Waals surface area contributed by atoms with Gasteiger partial charge in [0.25, 0.3) is 0 Å². The summed E-state index contributed by atoms with van der Waals surface area (Å²) in [6.45, 7) is 5.00. The molecule has 2 aliphatic heterocycles. The van der Waals surface area contributed by atoms with Gasteiger partial charge in [0, 0.05) is 25.2 Å². The monoisotopic (exact) mass is 230 g/mol. The smallest absolute Gasteiger partial charge is 0.227 e. The number of nitrogens with zero attached hydrogens (tertiary/aromatic N) is 1. The Morgan fingerprint density at radius 3 is 2.88 bits per heavy atom. The quantitative estimate of drug-likeness (QED) is 0.797. The summed E-state index contributed by atoms with van der Waals surface area (Å²) in [6.07, 6.45) is 2.78. The lowest BCUT2D eigenvalue weighted by molar-refractivity contribution is -0.117. The number of anilines is 1. The Morgan fingerprint density at radius 2 is 2.12 bits per heavy atom. The first kappa shape index (κ1) is 10.8. The molecule has 1 aromatic carbocycles. The molecule has 0 bridgehead atoms. The maximum Gasteiger partial charge on any atom is 0.227 e. The minimum atomic E-state index is 0.280. The number of benzene rings is 1. The highest BCUT2D eigenvalue weighted by Crippen LogP contribution is 2.29. The Bertz CT molecular complexity index is 468. The minimum Gasteiger partial charge on any atom is -0.312 e. The van der Waals surface area contributed by atoms with Gasteiger partial charge in [-0.2, -0.15) is 0 Å². The average Bonchev–Trinajstić information content (AvgIpc) is 2.74. The summed E-state index contributed by atoms with van der Waals surface area (Å²) in [5.41, 5.74) is 5.16. The van der Waals surface area contributed by atoms with Crippen molar-refractivity contribution in [1.29, 1.82) is 0 Å². The predicted octanol–water partition coefficient (Wildman–Crippen LogP) is 1.77. The van der Waals surface area contributed by atoms with Crippen LogP contribution in [0.3, 0.4) is 0 Å². The third kappa shape index (κ3) is 1.84. The molecule has 2 heterocycles. The highest BCUT2D eigenvalue weighted by molar-refractivity contribution is 5.96. The van der Waals surface area contributed by atoms with Gasteiger partial charge in [0.15, 0.2) is 0 Å². The van der Waals surface area contributed by atoms with Crippen LogP contribution in [0.4, 0.5) is 5.69 Å². The van der Waals surface area contributed by atoms with E-state index in [2.05, 4.69) is 24.4 Å². The predicted molar refractivity (Wildman–Crippen MR) is 68.2 cm³/mol. The van der Waals surface area contributed by atoms with Crippen molar-refractivity contribution in [1.82, 2.24) is 5.32 Å². The summed E-state index contributed by atoms with van der Waals surface area (Å²) in [6, 6.07) is 4.47. The van der Waals surface area contributed by atoms with E-state index in [1.165, 1.54) is 16.7 Å². The molecule has 0 aromatic heterocycles. The molecule has 0 aliphatic carbocycles. The van der Waals surface area contributed by atoms with Gasteiger partial charge in [-0.25, -0.2) is 0 Å². The van der Waals surface area contributed by atoms with E-state index in [9.17, 15) is 4.79 Å². The Kier molecular flexibility index (Phi) is 2.63. The molecule has 1 amide bonds. The van der Waals surface area contributed by atoms with Crippen molar-refractivity contribution in [2.75, 3.05) is 18.0 Å². The first-order chi connectivity index (χ1) is 8.25. The van der Waals surface area contributed by atoms with Crippen LogP contribution in [0.15, 0.2) is 12.1 Å². The average molecular weight is 230 g/mol. The van der Waals surface area contributed by atoms with Gasteiger partial charge in [-0.3, -0.25) is 4.79 Å². The Balaban J connectivity index is 2.02. The molecule has 17 heavy (non-hydrogen) atoms. The van der Waals surface area contributed by atoms with Crippen molar-refractivity contribution >= 4 is 11.6 Å². The van der Waals surface area contributed by atoms with Gasteiger partial charge < -0.3 is 10.2 Å². The molecule has 3 rings (SSSR count). The highest BCUT2D eigenvalue weighted by Gasteiger charge is 2.24. The molecule has 90 valence electrons. The van der Waals surface area contributed by atoms with Crippen LogP contribution in [0.5, 0.6) is 0 Å². The minimum absolute atomic E-state index is 0.280. The SMILES string of the molecule is Cc1cc2c(cc1N1CCCC1=O)CCNC2.